The first-order valence-corrected chi connectivity index (χ1v) is 8.52. The molecule has 2 saturated heterocycles. The molecule has 25 heavy (non-hydrogen) atoms. The van der Waals surface area contributed by atoms with E-state index in [-0.39, 0.29) is 24.2 Å². The molecule has 3 N–H and O–H groups in total. The number of anilines is 1. The molecule has 0 aliphatic carbocycles. The number of benzene rings is 1. The van der Waals surface area contributed by atoms with E-state index in [0.717, 1.165) is 11.3 Å². The van der Waals surface area contributed by atoms with E-state index in [1.807, 2.05) is 31.2 Å². The molecule has 136 valence electrons. The van der Waals surface area contributed by atoms with Gasteiger partial charge >= 0.3 is 12.1 Å². The van der Waals surface area contributed by atoms with Crippen molar-refractivity contribution in [3.8, 4) is 0 Å². The summed E-state index contributed by atoms with van der Waals surface area (Å²) in [6.45, 7) is 5.33. The van der Waals surface area contributed by atoms with Crippen molar-refractivity contribution in [3.63, 3.8) is 0 Å². The molecule has 1 aromatic rings. The number of ether oxygens (including phenoxy) is 2. The Kier molecular flexibility index (Phi) is 5.72. The lowest BCUT2D eigenvalue weighted by molar-refractivity contribution is -0.0853. The third kappa shape index (κ3) is 4.61. The normalized spacial score (nSPS) is 21.6. The van der Waals surface area contributed by atoms with E-state index in [0.29, 0.717) is 39.5 Å². The number of carbonyl (C=O) groups excluding carboxylic acids is 2. The third-order valence-corrected chi connectivity index (χ3v) is 4.28. The van der Waals surface area contributed by atoms with Gasteiger partial charge in [0.25, 0.3) is 0 Å². The molecule has 4 amide bonds. The van der Waals surface area contributed by atoms with Crippen LogP contribution in [0, 0.1) is 0 Å². The molecular formula is C17H24N4O4. The molecule has 1 aromatic carbocycles. The number of hydrogen-bond donors (Lipinski definition) is 3. The van der Waals surface area contributed by atoms with Gasteiger partial charge in [-0.05, 0) is 24.6 Å². The van der Waals surface area contributed by atoms with Gasteiger partial charge in [-0.3, -0.25) is 4.90 Å². The van der Waals surface area contributed by atoms with Crippen LogP contribution in [0.1, 0.15) is 18.5 Å². The molecule has 3 rings (SSSR count). The van der Waals surface area contributed by atoms with Gasteiger partial charge in [-0.25, -0.2) is 9.59 Å². The molecule has 2 atom stereocenters. The maximum absolute atomic E-state index is 12.0. The molecular weight excluding hydrogens is 324 g/mol. The minimum Gasteiger partial charge on any atom is -0.376 e. The number of carbonyl (C=O) groups is 2. The van der Waals surface area contributed by atoms with E-state index in [9.17, 15) is 9.59 Å². The molecule has 2 unspecified atom stereocenters. The van der Waals surface area contributed by atoms with Gasteiger partial charge in [0.15, 0.2) is 0 Å². The zero-order chi connectivity index (χ0) is 17.6. The predicted octanol–water partition coefficient (Wildman–Crippen LogP) is 0.992. The monoisotopic (exact) mass is 348 g/mol. The number of hydrogen-bond acceptors (Lipinski definition) is 4. The van der Waals surface area contributed by atoms with Crippen molar-refractivity contribution in [2.45, 2.75) is 19.1 Å². The largest absolute Gasteiger partial charge is 0.376 e. The standard InChI is InChI=1S/C17H24N4O4/c1-12(20-16(22)19-10-15-11-24-8-9-25-15)13-2-4-14(5-3-13)21-7-6-18-17(21)23/h2-5,12,15H,6-11H2,1H3,(H,18,23)(H2,19,20,22). The van der Waals surface area contributed by atoms with Crippen LogP contribution in [0.2, 0.25) is 0 Å². The first kappa shape index (κ1) is 17.5. The summed E-state index contributed by atoms with van der Waals surface area (Å²) in [7, 11) is 0. The van der Waals surface area contributed by atoms with Crippen molar-refractivity contribution < 1.29 is 19.1 Å². The fourth-order valence-electron chi connectivity index (χ4n) is 2.85. The van der Waals surface area contributed by atoms with Crippen LogP contribution < -0.4 is 20.9 Å². The highest BCUT2D eigenvalue weighted by Crippen LogP contribution is 2.20. The Morgan fingerprint density at radius 3 is 2.80 bits per heavy atom. The second kappa shape index (κ2) is 8.17. The minimum absolute atomic E-state index is 0.0767. The third-order valence-electron chi connectivity index (χ3n) is 4.28. The number of urea groups is 2. The molecule has 0 aromatic heterocycles. The molecule has 0 saturated carbocycles. The molecule has 2 fully saturated rings. The maximum Gasteiger partial charge on any atom is 0.321 e. The van der Waals surface area contributed by atoms with Crippen molar-refractivity contribution in [2.75, 3.05) is 44.4 Å². The van der Waals surface area contributed by atoms with Gasteiger partial charge in [0.05, 0.1) is 32.0 Å². The molecule has 8 heteroatoms. The molecule has 0 radical (unpaired) electrons. The minimum atomic E-state index is -0.246. The van der Waals surface area contributed by atoms with Crippen LogP contribution in [0.5, 0.6) is 0 Å². The first-order chi connectivity index (χ1) is 12.1. The summed E-state index contributed by atoms with van der Waals surface area (Å²) in [5.41, 5.74) is 1.82. The van der Waals surface area contributed by atoms with Gasteiger partial charge in [-0.1, -0.05) is 12.1 Å². The summed E-state index contributed by atoms with van der Waals surface area (Å²) in [5, 5.41) is 8.47. The van der Waals surface area contributed by atoms with Crippen molar-refractivity contribution in [2.24, 2.45) is 0 Å². The Morgan fingerprint density at radius 1 is 1.36 bits per heavy atom. The molecule has 0 bridgehead atoms. The SMILES string of the molecule is CC(NC(=O)NCC1COCCO1)c1ccc(N2CCNC2=O)cc1. The molecule has 8 nitrogen and oxygen atoms in total. The van der Waals surface area contributed by atoms with Gasteiger partial charge in [0.1, 0.15) is 0 Å². The number of nitrogens with one attached hydrogen (secondary N) is 3. The lowest BCUT2D eigenvalue weighted by Crippen LogP contribution is -2.44. The van der Waals surface area contributed by atoms with E-state index in [1.54, 1.807) is 4.90 Å². The maximum atomic E-state index is 12.0. The summed E-state index contributed by atoms with van der Waals surface area (Å²) in [4.78, 5) is 25.4. The van der Waals surface area contributed by atoms with Crippen LogP contribution in [0.4, 0.5) is 15.3 Å². The summed E-state index contributed by atoms with van der Waals surface area (Å²) in [6, 6.07) is 7.16. The van der Waals surface area contributed by atoms with Crippen LogP contribution in [-0.4, -0.2) is 57.6 Å². The predicted molar refractivity (Wildman–Crippen MR) is 92.7 cm³/mol. The van der Waals surface area contributed by atoms with E-state index in [4.69, 9.17) is 9.47 Å². The quantitative estimate of drug-likeness (QED) is 0.740. The second-order valence-corrected chi connectivity index (χ2v) is 6.12. The second-order valence-electron chi connectivity index (χ2n) is 6.12. The molecule has 2 heterocycles. The fraction of sp³-hybridized carbons (Fsp3) is 0.529. The van der Waals surface area contributed by atoms with Crippen LogP contribution in [-0.2, 0) is 9.47 Å². The van der Waals surface area contributed by atoms with Crippen LogP contribution >= 0.6 is 0 Å². The summed E-state index contributed by atoms with van der Waals surface area (Å²) < 4.78 is 10.8. The van der Waals surface area contributed by atoms with Crippen molar-refractivity contribution in [1.82, 2.24) is 16.0 Å². The van der Waals surface area contributed by atoms with Crippen LogP contribution in [0.15, 0.2) is 24.3 Å². The molecule has 2 aliphatic rings. The highest BCUT2D eigenvalue weighted by atomic mass is 16.6. The topological polar surface area (TPSA) is 91.9 Å². The zero-order valence-corrected chi connectivity index (χ0v) is 14.3. The Bertz CT molecular complexity index is 601. The Balaban J connectivity index is 1.47. The zero-order valence-electron chi connectivity index (χ0n) is 14.3. The van der Waals surface area contributed by atoms with E-state index < -0.39 is 0 Å². The van der Waals surface area contributed by atoms with E-state index in [1.165, 1.54) is 0 Å². The van der Waals surface area contributed by atoms with E-state index >= 15 is 0 Å². The van der Waals surface area contributed by atoms with Gasteiger partial charge in [0.2, 0.25) is 0 Å². The van der Waals surface area contributed by atoms with Gasteiger partial charge < -0.3 is 25.4 Å². The van der Waals surface area contributed by atoms with Gasteiger partial charge in [-0.15, -0.1) is 0 Å². The van der Waals surface area contributed by atoms with Crippen LogP contribution in [0.3, 0.4) is 0 Å². The summed E-state index contributed by atoms with van der Waals surface area (Å²) in [5.74, 6) is 0. The summed E-state index contributed by atoms with van der Waals surface area (Å²) >= 11 is 0. The number of nitrogens with zero attached hydrogens (tertiary/aromatic N) is 1. The van der Waals surface area contributed by atoms with Crippen LogP contribution in [0.25, 0.3) is 0 Å². The fourth-order valence-corrected chi connectivity index (χ4v) is 2.85. The Morgan fingerprint density at radius 2 is 2.16 bits per heavy atom. The van der Waals surface area contributed by atoms with Crippen molar-refractivity contribution in [1.29, 1.82) is 0 Å². The van der Waals surface area contributed by atoms with Crippen molar-refractivity contribution in [3.05, 3.63) is 29.8 Å². The van der Waals surface area contributed by atoms with Gasteiger partial charge in [0, 0.05) is 25.3 Å². The average Bonchev–Trinajstić information content (AvgIpc) is 3.07. The number of amides is 4. The smallest absolute Gasteiger partial charge is 0.321 e. The average molecular weight is 348 g/mol. The first-order valence-electron chi connectivity index (χ1n) is 8.52. The molecule has 2 aliphatic heterocycles. The van der Waals surface area contributed by atoms with Gasteiger partial charge in [-0.2, -0.15) is 0 Å². The Hall–Kier alpha value is -2.32. The summed E-state index contributed by atoms with van der Waals surface area (Å²) in [6.07, 6.45) is -0.0966. The Labute approximate surface area is 146 Å². The lowest BCUT2D eigenvalue weighted by Gasteiger charge is -2.23. The number of rotatable bonds is 5. The highest BCUT2D eigenvalue weighted by molar-refractivity contribution is 5.94. The van der Waals surface area contributed by atoms with E-state index in [2.05, 4.69) is 16.0 Å². The lowest BCUT2D eigenvalue weighted by atomic mass is 10.1. The molecule has 0 spiro atoms. The highest BCUT2D eigenvalue weighted by Gasteiger charge is 2.21. The van der Waals surface area contributed by atoms with Crippen molar-refractivity contribution >= 4 is 17.7 Å².